The summed E-state index contributed by atoms with van der Waals surface area (Å²) in [4.78, 5) is 48.0. The number of ketones is 4. The van der Waals surface area contributed by atoms with Crippen molar-refractivity contribution in [2.45, 2.75) is 234 Å². The third-order valence-corrected chi connectivity index (χ3v) is 26.6. The van der Waals surface area contributed by atoms with Crippen molar-refractivity contribution in [1.82, 2.24) is 0 Å². The highest BCUT2D eigenvalue weighted by atomic mass is 16.3. The molecule has 8 fully saturated rings. The van der Waals surface area contributed by atoms with E-state index in [1.807, 2.05) is 27.7 Å². The van der Waals surface area contributed by atoms with Crippen LogP contribution in [0.4, 0.5) is 0 Å². The summed E-state index contributed by atoms with van der Waals surface area (Å²) in [5, 5.41) is 41.6. The molecule has 0 heterocycles. The molecule has 0 bridgehead atoms. The van der Waals surface area contributed by atoms with Gasteiger partial charge in [0.25, 0.3) is 0 Å². The van der Waals surface area contributed by atoms with Crippen LogP contribution in [-0.2, 0) is 19.2 Å². The van der Waals surface area contributed by atoms with Crippen LogP contribution in [0, 0.1) is 90.7 Å². The van der Waals surface area contributed by atoms with Crippen LogP contribution in [0.5, 0.6) is 0 Å². The van der Waals surface area contributed by atoms with Gasteiger partial charge in [0, 0.05) is 21.7 Å². The fourth-order valence-electron chi connectivity index (χ4n) is 20.6. The van der Waals surface area contributed by atoms with Gasteiger partial charge in [0.2, 0.25) is 0 Å². The zero-order valence-electron chi connectivity index (χ0n) is 51.6. The topological polar surface area (TPSA) is 149 Å². The van der Waals surface area contributed by atoms with Crippen LogP contribution in [0.2, 0.25) is 0 Å². The van der Waals surface area contributed by atoms with E-state index in [0.29, 0.717) is 47.3 Å². The van der Waals surface area contributed by atoms with Gasteiger partial charge < -0.3 is 20.4 Å². The fraction of sp³-hybridized carbons (Fsp3) is 0.722. The summed E-state index contributed by atoms with van der Waals surface area (Å²) >= 11 is 0. The highest BCUT2D eigenvalue weighted by Crippen LogP contribution is 2.68. The molecule has 12 aliphatic rings. The molecule has 0 saturated heterocycles. The molecule has 4 N–H and O–H groups in total. The van der Waals surface area contributed by atoms with E-state index >= 15 is 0 Å². The average Bonchev–Trinajstić information content (AvgIpc) is 3.38. The van der Waals surface area contributed by atoms with Crippen molar-refractivity contribution in [1.29, 1.82) is 0 Å². The van der Waals surface area contributed by atoms with E-state index in [-0.39, 0.29) is 66.5 Å². The summed E-state index contributed by atoms with van der Waals surface area (Å²) in [6.07, 6.45) is 35.1. The van der Waals surface area contributed by atoms with Crippen LogP contribution in [0.25, 0.3) is 0 Å². The first kappa shape index (κ1) is 61.0. The first-order valence-corrected chi connectivity index (χ1v) is 31.3. The van der Waals surface area contributed by atoms with Crippen molar-refractivity contribution < 1.29 is 39.6 Å². The third-order valence-electron chi connectivity index (χ3n) is 26.6. The highest BCUT2D eigenvalue weighted by Gasteiger charge is 2.62. The molecule has 0 aromatic carbocycles. The predicted molar refractivity (Wildman–Crippen MR) is 321 cm³/mol. The molecule has 0 radical (unpaired) electrons. The summed E-state index contributed by atoms with van der Waals surface area (Å²) in [7, 11) is 0. The fourth-order valence-corrected chi connectivity index (χ4v) is 20.6. The van der Waals surface area contributed by atoms with Gasteiger partial charge in [-0.15, -0.1) is 0 Å². The number of carbonyl (C=O) groups excluding carboxylic acids is 4. The summed E-state index contributed by atoms with van der Waals surface area (Å²) in [6.45, 7) is 42.6. The lowest BCUT2D eigenvalue weighted by molar-refractivity contribution is -0.124. The van der Waals surface area contributed by atoms with E-state index < -0.39 is 22.4 Å². The Labute approximate surface area is 482 Å². The van der Waals surface area contributed by atoms with Crippen molar-refractivity contribution in [3.63, 3.8) is 0 Å². The van der Waals surface area contributed by atoms with Gasteiger partial charge in [-0.1, -0.05) is 106 Å². The van der Waals surface area contributed by atoms with E-state index in [0.717, 1.165) is 151 Å². The molecule has 80 heavy (non-hydrogen) atoms. The van der Waals surface area contributed by atoms with Gasteiger partial charge in [-0.25, -0.2) is 0 Å². The second-order valence-corrected chi connectivity index (χ2v) is 32.2. The number of allylic oxidation sites excluding steroid dienone is 12. The minimum absolute atomic E-state index is 0.0831. The molecule has 20 atom stereocenters. The molecular formula is C72H104O8. The molecule has 0 spiro atoms. The molecule has 8 saturated carbocycles. The van der Waals surface area contributed by atoms with E-state index in [1.54, 1.807) is 24.3 Å². The van der Waals surface area contributed by atoms with Crippen LogP contribution in [-0.4, -0.2) is 66.0 Å². The quantitative estimate of drug-likeness (QED) is 0.175. The molecule has 8 nitrogen and oxygen atoms in total. The summed E-state index contributed by atoms with van der Waals surface area (Å²) in [6, 6.07) is 0. The molecule has 440 valence electrons. The maximum Gasteiger partial charge on any atom is 0.181 e. The number of carbonyl (C=O) groups is 4. The second-order valence-electron chi connectivity index (χ2n) is 32.2. The Balaban J connectivity index is 0.000000129. The second kappa shape index (κ2) is 20.0. The monoisotopic (exact) mass is 1100 g/mol. The molecule has 12 aliphatic carbocycles. The van der Waals surface area contributed by atoms with Crippen molar-refractivity contribution in [3.05, 3.63) is 97.2 Å². The van der Waals surface area contributed by atoms with Gasteiger partial charge in [-0.05, 0) is 272 Å². The normalized spacial score (nSPS) is 51.6. The first-order chi connectivity index (χ1) is 36.8. The van der Waals surface area contributed by atoms with Crippen LogP contribution in [0.15, 0.2) is 97.2 Å². The van der Waals surface area contributed by atoms with E-state index in [4.69, 9.17) is 0 Å². The highest BCUT2D eigenvalue weighted by molar-refractivity contribution is 6.07. The van der Waals surface area contributed by atoms with Crippen molar-refractivity contribution in [2.75, 3.05) is 0 Å². The lowest BCUT2D eigenvalue weighted by Gasteiger charge is -2.60. The Morgan fingerprint density at radius 2 is 0.487 bits per heavy atom. The minimum Gasteiger partial charge on any atom is -0.390 e. The maximum absolute atomic E-state index is 12.0. The summed E-state index contributed by atoms with van der Waals surface area (Å²) in [5.41, 5.74) is 1.56. The summed E-state index contributed by atoms with van der Waals surface area (Å²) < 4.78 is 0. The Morgan fingerprint density at radius 3 is 0.662 bits per heavy atom. The molecule has 0 aromatic rings. The lowest BCUT2D eigenvalue weighted by Crippen LogP contribution is -2.55. The number of hydrogen-bond donors (Lipinski definition) is 4. The van der Waals surface area contributed by atoms with Gasteiger partial charge in [0.1, 0.15) is 0 Å². The lowest BCUT2D eigenvalue weighted by atomic mass is 9.44. The van der Waals surface area contributed by atoms with Crippen LogP contribution in [0.3, 0.4) is 0 Å². The SMILES string of the molecule is C=C1C(=O)C=C[C@@H]2[C@@]3(C)CC[C@](C)(O)C[C@@H]3CC[C@]12C.C=C1C(=O)C=C[C@@H]2[C@@]3(C)CC[C@](C)(O)C[C@@H]3CC[C@]12C.C=C1C(=O)C=C[C@@H]2[C@@]3(C)CC[C@](C)(O)C[C@@H]3CC[C@]12C.C=C1C(=O)C=C[C@@H]2[C@@]3(C)CC[C@](C)(O)C[C@@H]3CC[C@]12C. The first-order valence-electron chi connectivity index (χ1n) is 31.3. The smallest absolute Gasteiger partial charge is 0.181 e. The zero-order chi connectivity index (χ0) is 59.0. The largest absolute Gasteiger partial charge is 0.390 e. The Bertz CT molecular complexity index is 2370. The number of fused-ring (bicyclic) bond motifs is 12. The van der Waals surface area contributed by atoms with E-state index in [2.05, 4.69) is 106 Å². The standard InChI is InChI=1S/4C18H26O2/c4*1-12-14(19)5-6-15-17(12,3)8-7-13-11-16(2,20)9-10-18(13,15)4/h4*5-6,13,15,20H,1,7-11H2,2-4H3/t4*13-,15-,16-,17+,18-/m0000/s1. The Kier molecular flexibility index (Phi) is 15.3. The predicted octanol–water partition coefficient (Wildman–Crippen LogP) is 14.6. The number of rotatable bonds is 0. The molecule has 0 aliphatic heterocycles. The number of aliphatic hydroxyl groups is 4. The Morgan fingerprint density at radius 1 is 0.312 bits per heavy atom. The van der Waals surface area contributed by atoms with Crippen molar-refractivity contribution >= 4 is 23.1 Å². The van der Waals surface area contributed by atoms with Gasteiger partial charge in [-0.3, -0.25) is 19.2 Å². The van der Waals surface area contributed by atoms with E-state index in [1.165, 1.54) is 0 Å². The summed E-state index contributed by atoms with van der Waals surface area (Å²) in [5.74, 6) is 4.16. The van der Waals surface area contributed by atoms with Crippen molar-refractivity contribution in [3.8, 4) is 0 Å². The molecule has 0 unspecified atom stereocenters. The van der Waals surface area contributed by atoms with E-state index in [9.17, 15) is 39.6 Å². The third kappa shape index (κ3) is 9.99. The maximum atomic E-state index is 12.0. The van der Waals surface area contributed by atoms with Gasteiger partial charge in [0.05, 0.1) is 22.4 Å². The van der Waals surface area contributed by atoms with Crippen molar-refractivity contribution in [2.24, 2.45) is 90.7 Å². The molecule has 8 heteroatoms. The minimum atomic E-state index is -0.511. The molecular weight excluding hydrogens is 993 g/mol. The van der Waals surface area contributed by atoms with Crippen LogP contribution >= 0.6 is 0 Å². The van der Waals surface area contributed by atoms with Gasteiger partial charge in [0.15, 0.2) is 23.1 Å². The average molecular weight is 1100 g/mol. The zero-order valence-corrected chi connectivity index (χ0v) is 51.6. The molecule has 0 amide bonds. The van der Waals surface area contributed by atoms with Gasteiger partial charge >= 0.3 is 0 Å². The number of hydrogen-bond acceptors (Lipinski definition) is 8. The Hall–Kier alpha value is -3.56. The van der Waals surface area contributed by atoms with Gasteiger partial charge in [-0.2, -0.15) is 0 Å². The van der Waals surface area contributed by atoms with Crippen LogP contribution < -0.4 is 0 Å². The van der Waals surface area contributed by atoms with Crippen LogP contribution in [0.1, 0.15) is 212 Å². The molecule has 12 rings (SSSR count). The molecule has 0 aromatic heterocycles.